The van der Waals surface area contributed by atoms with Crippen molar-refractivity contribution < 1.29 is 5.11 Å². The van der Waals surface area contributed by atoms with E-state index in [2.05, 4.69) is 47.1 Å². The summed E-state index contributed by atoms with van der Waals surface area (Å²) in [6.07, 6.45) is 0. The second-order valence-electron chi connectivity index (χ2n) is 6.83. The molecule has 0 amide bonds. The molecule has 1 N–H and O–H groups in total. The van der Waals surface area contributed by atoms with Gasteiger partial charge in [-0.1, -0.05) is 62.9 Å². The molecule has 0 aliphatic carbocycles. The highest BCUT2D eigenvalue weighted by molar-refractivity contribution is 5.95. The average Bonchev–Trinajstić information content (AvgIpc) is 2.73. The maximum absolute atomic E-state index is 9.27. The van der Waals surface area contributed by atoms with Gasteiger partial charge in [0.05, 0.1) is 12.3 Å². The number of likely N-dealkylation sites (N-methyl/N-ethyl adjacent to an activating group) is 1. The highest BCUT2D eigenvalue weighted by atomic mass is 16.3. The summed E-state index contributed by atoms with van der Waals surface area (Å²) < 4.78 is 0. The van der Waals surface area contributed by atoms with Gasteiger partial charge in [-0.15, -0.1) is 0 Å². The quantitative estimate of drug-likeness (QED) is 0.755. The first-order valence-corrected chi connectivity index (χ1v) is 9.35. The van der Waals surface area contributed by atoms with Crippen LogP contribution in [0.2, 0.25) is 0 Å². The van der Waals surface area contributed by atoms with Crippen LogP contribution in [-0.2, 0) is 6.61 Å². The van der Waals surface area contributed by atoms with E-state index in [-0.39, 0.29) is 14.0 Å². The molecule has 27 heavy (non-hydrogen) atoms. The van der Waals surface area contributed by atoms with Crippen LogP contribution < -0.4 is 4.90 Å². The van der Waals surface area contributed by atoms with E-state index in [1.54, 1.807) is 0 Å². The summed E-state index contributed by atoms with van der Waals surface area (Å²) in [5.41, 5.74) is 2.99. The van der Waals surface area contributed by atoms with E-state index in [0.717, 1.165) is 55.4 Å². The second kappa shape index (κ2) is 8.51. The zero-order chi connectivity index (χ0) is 17.9. The second-order valence-corrected chi connectivity index (χ2v) is 6.83. The Bertz CT molecular complexity index is 884. The normalized spacial score (nSPS) is 15.0. The number of pyridine rings is 1. The molecule has 2 heterocycles. The lowest BCUT2D eigenvalue weighted by atomic mass is 10.0. The molecule has 0 saturated carbocycles. The molecule has 0 atom stereocenters. The molecule has 0 unspecified atom stereocenters. The fourth-order valence-electron chi connectivity index (χ4n) is 3.63. The number of aromatic nitrogens is 1. The van der Waals surface area contributed by atoms with Crippen LogP contribution in [0.15, 0.2) is 54.6 Å². The monoisotopic (exact) mass is 363 g/mol. The SMILES string of the molecule is C.CCN1CCN(c2nc(-c3ccc(CO)cc3)cc3ccccc23)CC1. The van der Waals surface area contributed by atoms with E-state index in [0.29, 0.717) is 0 Å². The number of fused-ring (bicyclic) bond motifs is 1. The van der Waals surface area contributed by atoms with E-state index >= 15 is 0 Å². The molecule has 142 valence electrons. The van der Waals surface area contributed by atoms with Gasteiger partial charge in [-0.3, -0.25) is 0 Å². The van der Waals surface area contributed by atoms with Crippen molar-refractivity contribution in [1.29, 1.82) is 0 Å². The minimum Gasteiger partial charge on any atom is -0.392 e. The third-order valence-electron chi connectivity index (χ3n) is 5.27. The fourth-order valence-corrected chi connectivity index (χ4v) is 3.63. The van der Waals surface area contributed by atoms with Gasteiger partial charge in [0.15, 0.2) is 0 Å². The first-order valence-electron chi connectivity index (χ1n) is 9.35. The van der Waals surface area contributed by atoms with Gasteiger partial charge in [0.2, 0.25) is 0 Å². The zero-order valence-electron chi connectivity index (χ0n) is 15.2. The number of nitrogens with zero attached hydrogens (tertiary/aromatic N) is 3. The van der Waals surface area contributed by atoms with Gasteiger partial charge in [-0.25, -0.2) is 4.98 Å². The fraction of sp³-hybridized carbons (Fsp3) is 0.348. The molecule has 4 nitrogen and oxygen atoms in total. The molecule has 1 aromatic heterocycles. The molecule has 1 aliphatic heterocycles. The standard InChI is InChI=1S/C22H25N3O.CH4/c1-2-24-11-13-25(14-12-24)22-20-6-4-3-5-19(20)15-21(23-22)18-9-7-17(16-26)8-10-18;/h3-10,15,26H,2,11-14,16H2,1H3;1H4. The van der Waals surface area contributed by atoms with Crippen molar-refractivity contribution in [2.75, 3.05) is 37.6 Å². The number of anilines is 1. The third kappa shape index (κ3) is 3.97. The van der Waals surface area contributed by atoms with Crippen molar-refractivity contribution in [3.63, 3.8) is 0 Å². The average molecular weight is 364 g/mol. The molecular weight excluding hydrogens is 334 g/mol. The van der Waals surface area contributed by atoms with E-state index in [4.69, 9.17) is 4.98 Å². The Balaban J connectivity index is 0.00000210. The zero-order valence-corrected chi connectivity index (χ0v) is 15.2. The van der Waals surface area contributed by atoms with Crippen molar-refractivity contribution in [2.24, 2.45) is 0 Å². The van der Waals surface area contributed by atoms with Crippen LogP contribution in [-0.4, -0.2) is 47.7 Å². The van der Waals surface area contributed by atoms with Crippen LogP contribution in [0.3, 0.4) is 0 Å². The van der Waals surface area contributed by atoms with Gasteiger partial charge in [0.1, 0.15) is 5.82 Å². The Labute approximate surface area is 162 Å². The molecule has 3 aromatic rings. The van der Waals surface area contributed by atoms with E-state index in [1.807, 2.05) is 24.3 Å². The van der Waals surface area contributed by atoms with Gasteiger partial charge in [-0.05, 0) is 23.6 Å². The summed E-state index contributed by atoms with van der Waals surface area (Å²) in [4.78, 5) is 9.95. The first-order chi connectivity index (χ1) is 12.8. The van der Waals surface area contributed by atoms with Gasteiger partial charge in [-0.2, -0.15) is 0 Å². The molecule has 4 rings (SSSR count). The molecule has 0 radical (unpaired) electrons. The van der Waals surface area contributed by atoms with Crippen molar-refractivity contribution >= 4 is 16.6 Å². The summed E-state index contributed by atoms with van der Waals surface area (Å²) in [5.74, 6) is 1.08. The Hall–Kier alpha value is -2.43. The van der Waals surface area contributed by atoms with Crippen molar-refractivity contribution in [3.8, 4) is 11.3 Å². The van der Waals surface area contributed by atoms with Crippen molar-refractivity contribution in [1.82, 2.24) is 9.88 Å². The third-order valence-corrected chi connectivity index (χ3v) is 5.27. The highest BCUT2D eigenvalue weighted by Gasteiger charge is 2.19. The topological polar surface area (TPSA) is 39.6 Å². The summed E-state index contributed by atoms with van der Waals surface area (Å²) in [6.45, 7) is 7.59. The predicted molar refractivity (Wildman–Crippen MR) is 114 cm³/mol. The van der Waals surface area contributed by atoms with Crippen molar-refractivity contribution in [3.05, 3.63) is 60.2 Å². The number of piperazine rings is 1. The number of rotatable bonds is 4. The van der Waals surface area contributed by atoms with E-state index in [1.165, 1.54) is 10.8 Å². The number of aliphatic hydroxyl groups is 1. The van der Waals surface area contributed by atoms with E-state index < -0.39 is 0 Å². The maximum atomic E-state index is 9.27. The molecule has 2 aromatic carbocycles. The molecule has 1 aliphatic rings. The molecular formula is C23H29N3O. The van der Waals surface area contributed by atoms with E-state index in [9.17, 15) is 5.11 Å². The molecule has 0 bridgehead atoms. The number of hydrogen-bond acceptors (Lipinski definition) is 4. The number of hydrogen-bond donors (Lipinski definition) is 1. The largest absolute Gasteiger partial charge is 0.392 e. The Morgan fingerprint density at radius 1 is 0.963 bits per heavy atom. The lowest BCUT2D eigenvalue weighted by molar-refractivity contribution is 0.271. The lowest BCUT2D eigenvalue weighted by Gasteiger charge is -2.35. The highest BCUT2D eigenvalue weighted by Crippen LogP contribution is 2.30. The molecule has 0 spiro atoms. The van der Waals surface area contributed by atoms with Gasteiger partial charge >= 0.3 is 0 Å². The predicted octanol–water partition coefficient (Wildman–Crippen LogP) is 4.17. The smallest absolute Gasteiger partial charge is 0.137 e. The number of benzene rings is 2. The van der Waals surface area contributed by atoms with Crippen LogP contribution in [0.5, 0.6) is 0 Å². The minimum atomic E-state index is 0. The van der Waals surface area contributed by atoms with Gasteiger partial charge < -0.3 is 14.9 Å². The lowest BCUT2D eigenvalue weighted by Crippen LogP contribution is -2.46. The van der Waals surface area contributed by atoms with Crippen LogP contribution in [0.4, 0.5) is 5.82 Å². The summed E-state index contributed by atoms with van der Waals surface area (Å²) >= 11 is 0. The summed E-state index contributed by atoms with van der Waals surface area (Å²) in [5, 5.41) is 11.7. The maximum Gasteiger partial charge on any atom is 0.137 e. The minimum absolute atomic E-state index is 0. The summed E-state index contributed by atoms with van der Waals surface area (Å²) in [7, 11) is 0. The molecule has 1 saturated heterocycles. The summed E-state index contributed by atoms with van der Waals surface area (Å²) in [6, 6.07) is 18.7. The Morgan fingerprint density at radius 2 is 1.67 bits per heavy atom. The van der Waals surface area contributed by atoms with Crippen LogP contribution in [0.1, 0.15) is 19.9 Å². The van der Waals surface area contributed by atoms with Crippen LogP contribution in [0.25, 0.3) is 22.0 Å². The Kier molecular flexibility index (Phi) is 6.09. The molecule has 4 heteroatoms. The van der Waals surface area contributed by atoms with Crippen LogP contribution in [0, 0.1) is 0 Å². The Morgan fingerprint density at radius 3 is 2.33 bits per heavy atom. The first kappa shape index (κ1) is 19.3. The molecule has 1 fully saturated rings. The van der Waals surface area contributed by atoms with Crippen molar-refractivity contribution in [2.45, 2.75) is 21.0 Å². The van der Waals surface area contributed by atoms with Crippen LogP contribution >= 0.6 is 0 Å². The number of aliphatic hydroxyl groups excluding tert-OH is 1. The van der Waals surface area contributed by atoms with Gasteiger partial charge in [0.25, 0.3) is 0 Å². The van der Waals surface area contributed by atoms with Gasteiger partial charge in [0, 0.05) is 37.1 Å².